The molecular weight excluding hydrogens is 729 g/mol. The Balaban J connectivity index is 0.000000195. The Morgan fingerprint density at radius 1 is 0.768 bits per heavy atom. The van der Waals surface area contributed by atoms with Gasteiger partial charge in [0.25, 0.3) is 5.69 Å². The first-order valence-corrected chi connectivity index (χ1v) is 20.4. The Kier molecular flexibility index (Phi) is 11.8. The number of nitrogens with one attached hydrogen (secondary N) is 2. The number of hydrogen-bond acceptors (Lipinski definition) is 10. The zero-order valence-electron chi connectivity index (χ0n) is 35.9. The van der Waals surface area contributed by atoms with Crippen molar-refractivity contribution >= 4 is 29.7 Å². The van der Waals surface area contributed by atoms with Crippen LogP contribution in [0.25, 0.3) is 0 Å². The van der Waals surface area contributed by atoms with Crippen LogP contribution >= 0.6 is 0 Å². The molecule has 0 saturated carbocycles. The second kappa shape index (κ2) is 17.1. The van der Waals surface area contributed by atoms with Gasteiger partial charge in [0.1, 0.15) is 5.75 Å². The minimum absolute atomic E-state index is 0. The van der Waals surface area contributed by atoms with E-state index in [0.29, 0.717) is 30.7 Å². The molecule has 4 atom stereocenters. The minimum atomic E-state index is -1.93. The van der Waals surface area contributed by atoms with Crippen LogP contribution in [-0.4, -0.2) is 131 Å². The fourth-order valence-corrected chi connectivity index (χ4v) is 11.4. The van der Waals surface area contributed by atoms with Crippen LogP contribution in [0, 0.1) is 20.9 Å². The number of rotatable bonds is 5. The maximum atomic E-state index is 12.8. The van der Waals surface area contributed by atoms with E-state index in [1.54, 1.807) is 4.90 Å². The van der Waals surface area contributed by atoms with Crippen LogP contribution in [0.15, 0.2) is 24.3 Å². The molecule has 8 aliphatic heterocycles. The molecule has 4 bridgehead atoms. The van der Waals surface area contributed by atoms with Crippen molar-refractivity contribution in [2.75, 3.05) is 45.8 Å². The normalized spacial score (nSPS) is 32.4. The Labute approximate surface area is 355 Å². The summed E-state index contributed by atoms with van der Waals surface area (Å²) in [6.45, 7) is 5.08. The summed E-state index contributed by atoms with van der Waals surface area (Å²) in [5.74, 6) is 0.712. The van der Waals surface area contributed by atoms with Gasteiger partial charge in [0.15, 0.2) is 0 Å². The van der Waals surface area contributed by atoms with Gasteiger partial charge in [-0.05, 0) is 133 Å². The second-order valence-electron chi connectivity index (χ2n) is 17.5. The van der Waals surface area contributed by atoms with Crippen molar-refractivity contribution in [2.45, 2.75) is 133 Å². The van der Waals surface area contributed by atoms with E-state index in [0.717, 1.165) is 116 Å². The van der Waals surface area contributed by atoms with Gasteiger partial charge in [-0.3, -0.25) is 19.7 Å². The molecule has 4 unspecified atom stereocenters. The largest absolute Gasteiger partial charge is 1.00 e. The number of benzene rings is 1. The van der Waals surface area contributed by atoms with Gasteiger partial charge in [-0.25, -0.2) is 9.59 Å². The van der Waals surface area contributed by atoms with Crippen molar-refractivity contribution < 1.29 is 67.3 Å². The number of nitro benzene ring substituents is 1. The van der Waals surface area contributed by atoms with Crippen molar-refractivity contribution in [1.29, 1.82) is 0 Å². The van der Waals surface area contributed by atoms with Gasteiger partial charge < -0.3 is 41.1 Å². The molecule has 4 amide bonds. The molecule has 8 fully saturated rings. The first kappa shape index (κ1) is 38.5. The predicted molar refractivity (Wildman–Crippen MR) is 202 cm³/mol. The standard InChI is InChI=1S/C22H28N4O5.C18H29N3O3.Na.H/c27-20-13-22(14-23-20)7-9-24(10-8-22)18-11-16-1-2-17(12-18)25(16)21(28)31-19-5-3-15(4-6-19)26(29)30;1-2-24-17(23)21-13-3-4-14(21)10-15(9-13)20-7-5-18(6-8-20)11-16(22)19-12-18;;/h3-6,16-18H,1-2,7-14H2,(H,23,27);13-15H,2-12H2,1H3,(H,19,22);;/q;;+1;-1/i;2D2;;. The summed E-state index contributed by atoms with van der Waals surface area (Å²) in [7, 11) is 0. The molecule has 302 valence electrons. The Morgan fingerprint density at radius 3 is 1.54 bits per heavy atom. The van der Waals surface area contributed by atoms with E-state index in [9.17, 15) is 29.3 Å². The summed E-state index contributed by atoms with van der Waals surface area (Å²) < 4.78 is 25.5. The van der Waals surface area contributed by atoms with Crippen LogP contribution in [0.5, 0.6) is 5.75 Å². The molecule has 0 aliphatic carbocycles. The third-order valence-electron chi connectivity index (χ3n) is 14.4. The number of piperidine rings is 4. The van der Waals surface area contributed by atoms with Gasteiger partial charge in [-0.2, -0.15) is 0 Å². The molecule has 8 heterocycles. The molecule has 8 saturated heterocycles. The van der Waals surface area contributed by atoms with Crippen LogP contribution in [0.4, 0.5) is 15.3 Å². The summed E-state index contributed by atoms with van der Waals surface area (Å²) in [6, 6.07) is 7.28. The average Bonchev–Trinajstić information content (AvgIpc) is 3.88. The molecule has 9 rings (SSSR count). The molecule has 2 spiro atoms. The number of amides is 4. The van der Waals surface area contributed by atoms with Crippen LogP contribution in [-0.2, 0) is 14.3 Å². The monoisotopic (exact) mass is 789 g/mol. The van der Waals surface area contributed by atoms with Crippen LogP contribution in [0.3, 0.4) is 0 Å². The summed E-state index contributed by atoms with van der Waals surface area (Å²) in [5.41, 5.74) is 0.299. The number of carbonyl (C=O) groups is 4. The molecule has 1 aromatic carbocycles. The fraction of sp³-hybridized carbons (Fsp3) is 0.750. The predicted octanol–water partition coefficient (Wildman–Crippen LogP) is 1.55. The van der Waals surface area contributed by atoms with Crippen molar-refractivity contribution in [3.05, 3.63) is 34.4 Å². The molecular formula is C40H58N7NaO8. The zero-order valence-corrected chi connectivity index (χ0v) is 34.9. The first-order chi connectivity index (χ1) is 27.2. The topological polar surface area (TPSA) is 167 Å². The van der Waals surface area contributed by atoms with E-state index in [4.69, 9.17) is 12.2 Å². The van der Waals surface area contributed by atoms with E-state index in [1.807, 2.05) is 4.90 Å². The molecule has 1 aromatic rings. The van der Waals surface area contributed by atoms with Gasteiger partial charge in [-0.1, -0.05) is 0 Å². The fourth-order valence-electron chi connectivity index (χ4n) is 11.4. The Hall–Kier alpha value is -2.98. The number of fused-ring (bicyclic) bond motifs is 4. The molecule has 0 aromatic heterocycles. The molecule has 16 heteroatoms. The van der Waals surface area contributed by atoms with E-state index in [2.05, 4.69) is 20.4 Å². The van der Waals surface area contributed by atoms with Crippen LogP contribution < -0.4 is 44.9 Å². The third-order valence-corrected chi connectivity index (χ3v) is 14.4. The first-order valence-electron chi connectivity index (χ1n) is 21.4. The van der Waals surface area contributed by atoms with Crippen molar-refractivity contribution in [3.8, 4) is 5.75 Å². The molecule has 15 nitrogen and oxygen atoms in total. The van der Waals surface area contributed by atoms with Gasteiger partial charge in [-0.15, -0.1) is 0 Å². The van der Waals surface area contributed by atoms with Crippen molar-refractivity contribution in [2.24, 2.45) is 10.8 Å². The molecule has 2 N–H and O–H groups in total. The smallest absolute Gasteiger partial charge is 1.00 e. The van der Waals surface area contributed by atoms with Crippen LogP contribution in [0.1, 0.15) is 101 Å². The zero-order chi connectivity index (χ0) is 40.1. The number of non-ortho nitro benzene ring substituents is 1. The quantitative estimate of drug-likeness (QED) is 0.254. The van der Waals surface area contributed by atoms with Gasteiger partial charge in [0.05, 0.1) is 14.2 Å². The SMILES string of the molecule is O=C1CC2(CCN(C3CC4CCC(C3)N4C(=O)Oc3ccc([N+](=O)[O-])cc3)CC2)CN1.[2H]C([2H])(C)OC(=O)N1C2CCC1CC(N1CCC3(CC1)CNC(=O)C3)C2.[H-].[Na+]. The Bertz CT molecular complexity index is 1700. The molecule has 56 heavy (non-hydrogen) atoms. The van der Waals surface area contributed by atoms with Crippen molar-refractivity contribution in [1.82, 2.24) is 30.2 Å². The molecule has 0 radical (unpaired) electrons. The summed E-state index contributed by atoms with van der Waals surface area (Å²) in [6.07, 6.45) is 12.5. The van der Waals surface area contributed by atoms with E-state index >= 15 is 0 Å². The third kappa shape index (κ3) is 8.57. The van der Waals surface area contributed by atoms with Gasteiger partial charge in [0.2, 0.25) is 11.8 Å². The van der Waals surface area contributed by atoms with E-state index in [1.165, 1.54) is 31.2 Å². The summed E-state index contributed by atoms with van der Waals surface area (Å²) >= 11 is 0. The number of ether oxygens (including phenoxy) is 2. The maximum Gasteiger partial charge on any atom is 1.00 e. The number of likely N-dealkylation sites (tertiary alicyclic amines) is 2. The van der Waals surface area contributed by atoms with Crippen LogP contribution in [0.2, 0.25) is 0 Å². The Morgan fingerprint density at radius 2 is 1.18 bits per heavy atom. The number of carbonyl (C=O) groups excluding carboxylic acids is 4. The van der Waals surface area contributed by atoms with E-state index < -0.39 is 17.6 Å². The average molecular weight is 790 g/mol. The maximum absolute atomic E-state index is 12.8. The summed E-state index contributed by atoms with van der Waals surface area (Å²) in [4.78, 5) is 67.6. The number of nitrogens with zero attached hydrogens (tertiary/aromatic N) is 5. The van der Waals surface area contributed by atoms with Crippen molar-refractivity contribution in [3.63, 3.8) is 0 Å². The number of nitro groups is 1. The second-order valence-corrected chi connectivity index (χ2v) is 17.5. The minimum Gasteiger partial charge on any atom is -1.00 e. The van der Waals surface area contributed by atoms with E-state index in [-0.39, 0.29) is 89.6 Å². The van der Waals surface area contributed by atoms with Gasteiger partial charge >= 0.3 is 41.7 Å². The van der Waals surface area contributed by atoms with Gasteiger partial charge in [0, 0.05) is 74.3 Å². The summed E-state index contributed by atoms with van der Waals surface area (Å²) in [5, 5.41) is 16.8. The number of hydrogen-bond donors (Lipinski definition) is 2. The molecule has 8 aliphatic rings.